The molecule has 110 valence electrons. The van der Waals surface area contributed by atoms with Gasteiger partial charge < -0.3 is 15.2 Å². The van der Waals surface area contributed by atoms with Crippen LogP contribution in [0.4, 0.5) is 18.9 Å². The van der Waals surface area contributed by atoms with Crippen molar-refractivity contribution in [1.82, 2.24) is 0 Å². The van der Waals surface area contributed by atoms with Gasteiger partial charge in [0.2, 0.25) is 5.91 Å². The smallest absolute Gasteiger partial charge is 0.416 e. The normalized spacial score (nSPS) is 11.2. The number of halogens is 3. The van der Waals surface area contributed by atoms with Gasteiger partial charge >= 0.3 is 12.1 Å². The molecule has 1 amide bonds. The van der Waals surface area contributed by atoms with E-state index in [1.165, 1.54) is 7.11 Å². The first-order valence-corrected chi connectivity index (χ1v) is 5.48. The molecule has 0 atom stereocenters. The first kappa shape index (κ1) is 16.0. The number of carbonyl (C=O) groups is 2. The van der Waals surface area contributed by atoms with E-state index >= 15 is 0 Å². The van der Waals surface area contributed by atoms with Gasteiger partial charge in [-0.15, -0.1) is 0 Å². The Kier molecular flexibility index (Phi) is 5.09. The van der Waals surface area contributed by atoms with Gasteiger partial charge in [0.05, 0.1) is 24.2 Å². The van der Waals surface area contributed by atoms with Crippen molar-refractivity contribution in [1.29, 1.82) is 0 Å². The van der Waals surface area contributed by atoms with Gasteiger partial charge in [-0.1, -0.05) is 0 Å². The van der Waals surface area contributed by atoms with E-state index in [9.17, 15) is 22.8 Å². The molecule has 0 saturated heterocycles. The lowest BCUT2D eigenvalue weighted by Gasteiger charge is -2.11. The molecule has 0 bridgehead atoms. The molecule has 2 N–H and O–H groups in total. The molecule has 0 aliphatic rings. The molecule has 0 radical (unpaired) electrons. The zero-order valence-corrected chi connectivity index (χ0v) is 10.5. The number of hydrogen-bond acceptors (Lipinski definition) is 3. The zero-order chi connectivity index (χ0) is 15.3. The second-order valence-electron chi connectivity index (χ2n) is 3.89. The van der Waals surface area contributed by atoms with Crippen molar-refractivity contribution in [3.63, 3.8) is 0 Å². The van der Waals surface area contributed by atoms with Crippen molar-refractivity contribution in [2.75, 3.05) is 19.0 Å². The van der Waals surface area contributed by atoms with Crippen molar-refractivity contribution >= 4 is 17.6 Å². The van der Waals surface area contributed by atoms with E-state index < -0.39 is 29.2 Å². The number of alkyl halides is 3. The van der Waals surface area contributed by atoms with Crippen molar-refractivity contribution < 1.29 is 32.6 Å². The van der Waals surface area contributed by atoms with Gasteiger partial charge in [0.15, 0.2) is 0 Å². The number of methoxy groups -OCH3 is 1. The van der Waals surface area contributed by atoms with Crippen LogP contribution in [0.5, 0.6) is 0 Å². The minimum atomic E-state index is -4.70. The summed E-state index contributed by atoms with van der Waals surface area (Å²) >= 11 is 0. The van der Waals surface area contributed by atoms with E-state index in [4.69, 9.17) is 5.11 Å². The summed E-state index contributed by atoms with van der Waals surface area (Å²) in [5.41, 5.74) is -1.92. The number of nitrogens with one attached hydrogen (secondary N) is 1. The SMILES string of the molecule is COCCC(=O)Nc1cc(C(=O)O)cc(C(F)(F)F)c1. The first-order chi connectivity index (χ1) is 9.24. The molecule has 0 spiro atoms. The molecule has 0 heterocycles. The average Bonchev–Trinajstić information content (AvgIpc) is 2.34. The summed E-state index contributed by atoms with van der Waals surface area (Å²) in [6.45, 7) is 0.108. The van der Waals surface area contributed by atoms with Gasteiger partial charge in [-0.25, -0.2) is 4.79 Å². The third-order valence-corrected chi connectivity index (χ3v) is 2.32. The maximum atomic E-state index is 12.6. The Labute approximate surface area is 112 Å². The molecule has 0 aromatic heterocycles. The van der Waals surface area contributed by atoms with Crippen LogP contribution in [-0.2, 0) is 15.7 Å². The number of aromatic carboxylic acids is 1. The minimum Gasteiger partial charge on any atom is -0.478 e. The maximum Gasteiger partial charge on any atom is 0.416 e. The standard InChI is InChI=1S/C12H12F3NO4/c1-20-3-2-10(17)16-9-5-7(11(18)19)4-8(6-9)12(13,14)15/h4-6H,2-3H2,1H3,(H,16,17)(H,18,19). The van der Waals surface area contributed by atoms with E-state index in [2.05, 4.69) is 10.1 Å². The van der Waals surface area contributed by atoms with Crippen molar-refractivity contribution in [3.8, 4) is 0 Å². The topological polar surface area (TPSA) is 75.6 Å². The van der Waals surface area contributed by atoms with Crippen LogP contribution in [0.25, 0.3) is 0 Å². The lowest BCUT2D eigenvalue weighted by molar-refractivity contribution is -0.137. The Bertz CT molecular complexity index is 514. The number of carboxylic acids is 1. The number of carbonyl (C=O) groups excluding carboxylic acids is 1. The molecule has 0 saturated carbocycles. The highest BCUT2D eigenvalue weighted by Gasteiger charge is 2.32. The number of ether oxygens (including phenoxy) is 1. The predicted molar refractivity (Wildman–Crippen MR) is 63.5 cm³/mol. The van der Waals surface area contributed by atoms with Gasteiger partial charge in [-0.2, -0.15) is 13.2 Å². The molecule has 0 unspecified atom stereocenters. The van der Waals surface area contributed by atoms with Crippen LogP contribution >= 0.6 is 0 Å². The summed E-state index contributed by atoms with van der Waals surface area (Å²) in [5.74, 6) is -2.08. The molecule has 0 aliphatic carbocycles. The molecule has 8 heteroatoms. The van der Waals surface area contributed by atoms with Gasteiger partial charge in [-0.05, 0) is 18.2 Å². The molecular formula is C12H12F3NO4. The van der Waals surface area contributed by atoms with Gasteiger partial charge in [0, 0.05) is 12.8 Å². The van der Waals surface area contributed by atoms with Gasteiger partial charge in [0.1, 0.15) is 0 Å². The van der Waals surface area contributed by atoms with Crippen molar-refractivity contribution in [2.45, 2.75) is 12.6 Å². The third-order valence-electron chi connectivity index (χ3n) is 2.32. The van der Waals surface area contributed by atoms with Crippen LogP contribution in [0, 0.1) is 0 Å². The summed E-state index contributed by atoms with van der Waals surface area (Å²) < 4.78 is 42.5. The Morgan fingerprint density at radius 1 is 1.30 bits per heavy atom. The zero-order valence-electron chi connectivity index (χ0n) is 10.5. The number of carboxylic acid groups (broad SMARTS) is 1. The molecule has 0 fully saturated rings. The second kappa shape index (κ2) is 6.38. The number of benzene rings is 1. The fourth-order valence-electron chi connectivity index (χ4n) is 1.41. The Morgan fingerprint density at radius 2 is 1.95 bits per heavy atom. The molecule has 0 aliphatic heterocycles. The molecule has 1 aromatic rings. The van der Waals surface area contributed by atoms with E-state index in [0.717, 1.165) is 6.07 Å². The van der Waals surface area contributed by atoms with Crippen LogP contribution in [0.3, 0.4) is 0 Å². The van der Waals surface area contributed by atoms with Crippen LogP contribution in [0.15, 0.2) is 18.2 Å². The highest BCUT2D eigenvalue weighted by atomic mass is 19.4. The van der Waals surface area contributed by atoms with E-state index in [1.54, 1.807) is 0 Å². The van der Waals surface area contributed by atoms with Crippen LogP contribution < -0.4 is 5.32 Å². The summed E-state index contributed by atoms with van der Waals surface area (Å²) in [6.07, 6.45) is -4.74. The largest absolute Gasteiger partial charge is 0.478 e. The average molecular weight is 291 g/mol. The highest BCUT2D eigenvalue weighted by molar-refractivity contribution is 5.94. The third kappa shape index (κ3) is 4.54. The van der Waals surface area contributed by atoms with E-state index in [1.807, 2.05) is 0 Å². The molecule has 5 nitrogen and oxygen atoms in total. The minimum absolute atomic E-state index is 0.0465. The fraction of sp³-hybridized carbons (Fsp3) is 0.333. The summed E-state index contributed by atoms with van der Waals surface area (Å²) in [5, 5.41) is 11.0. The Balaban J connectivity index is 3.04. The van der Waals surface area contributed by atoms with Crippen LogP contribution in [0.2, 0.25) is 0 Å². The number of amides is 1. The maximum absolute atomic E-state index is 12.6. The molecular weight excluding hydrogens is 279 g/mol. The second-order valence-corrected chi connectivity index (χ2v) is 3.89. The van der Waals surface area contributed by atoms with Gasteiger partial charge in [-0.3, -0.25) is 4.79 Å². The summed E-state index contributed by atoms with van der Waals surface area (Å²) in [4.78, 5) is 22.2. The quantitative estimate of drug-likeness (QED) is 0.873. The van der Waals surface area contributed by atoms with Gasteiger partial charge in [0.25, 0.3) is 0 Å². The highest BCUT2D eigenvalue weighted by Crippen LogP contribution is 2.32. The molecule has 1 aromatic carbocycles. The number of anilines is 1. The lowest BCUT2D eigenvalue weighted by atomic mass is 10.1. The fourth-order valence-corrected chi connectivity index (χ4v) is 1.41. The monoisotopic (exact) mass is 291 g/mol. The molecule has 1 rings (SSSR count). The summed E-state index contributed by atoms with van der Waals surface area (Å²) in [7, 11) is 1.38. The van der Waals surface area contributed by atoms with E-state index in [-0.39, 0.29) is 18.7 Å². The summed E-state index contributed by atoms with van der Waals surface area (Å²) in [6, 6.07) is 2.15. The van der Waals surface area contributed by atoms with Crippen LogP contribution in [-0.4, -0.2) is 30.7 Å². The lowest BCUT2D eigenvalue weighted by Crippen LogP contribution is -2.15. The first-order valence-electron chi connectivity index (χ1n) is 5.48. The van der Waals surface area contributed by atoms with Crippen LogP contribution in [0.1, 0.15) is 22.3 Å². The van der Waals surface area contributed by atoms with Crippen molar-refractivity contribution in [3.05, 3.63) is 29.3 Å². The Hall–Kier alpha value is -2.09. The number of hydrogen-bond donors (Lipinski definition) is 2. The molecule has 20 heavy (non-hydrogen) atoms. The predicted octanol–water partition coefficient (Wildman–Crippen LogP) is 2.38. The van der Waals surface area contributed by atoms with Crippen molar-refractivity contribution in [2.24, 2.45) is 0 Å². The Morgan fingerprint density at radius 3 is 2.45 bits per heavy atom. The van der Waals surface area contributed by atoms with E-state index in [0.29, 0.717) is 12.1 Å². The number of rotatable bonds is 5.